The van der Waals surface area contributed by atoms with Gasteiger partial charge in [0.2, 0.25) is 0 Å². The summed E-state index contributed by atoms with van der Waals surface area (Å²) in [4.78, 5) is 32.1. The van der Waals surface area contributed by atoms with Crippen molar-refractivity contribution in [2.45, 2.75) is 43.4 Å². The van der Waals surface area contributed by atoms with Crippen LogP contribution in [0.4, 0.5) is 19.0 Å². The van der Waals surface area contributed by atoms with Gasteiger partial charge in [0.05, 0.1) is 11.2 Å². The topological polar surface area (TPSA) is 74.7 Å². The number of nitrogens with zero attached hydrogens (tertiary/aromatic N) is 6. The van der Waals surface area contributed by atoms with Crippen molar-refractivity contribution in [3.05, 3.63) is 95.8 Å². The maximum Gasteiger partial charge on any atom is 0.319 e. The Balaban J connectivity index is 1.16. The van der Waals surface area contributed by atoms with Gasteiger partial charge in [-0.05, 0) is 61.0 Å². The van der Waals surface area contributed by atoms with E-state index in [-0.39, 0.29) is 30.7 Å². The van der Waals surface area contributed by atoms with Gasteiger partial charge in [-0.3, -0.25) is 14.7 Å². The largest absolute Gasteiger partial charge is 0.461 e. The van der Waals surface area contributed by atoms with Crippen molar-refractivity contribution >= 4 is 39.5 Å². The van der Waals surface area contributed by atoms with Crippen LogP contribution < -0.4 is 9.64 Å². The molecule has 3 atom stereocenters. The van der Waals surface area contributed by atoms with Gasteiger partial charge in [0.15, 0.2) is 11.6 Å². The number of likely N-dealkylation sites (N-methyl/N-ethyl adjacent to an activating group) is 1. The second-order valence-electron chi connectivity index (χ2n) is 13.9. The quantitative estimate of drug-likeness (QED) is 0.128. The Kier molecular flexibility index (Phi) is 8.79. The minimum absolute atomic E-state index is 0.0218. The Morgan fingerprint density at radius 1 is 1.08 bits per heavy atom. The summed E-state index contributed by atoms with van der Waals surface area (Å²) in [6.45, 7) is 1.89. The molecule has 0 spiro atoms. The fraction of sp³-hybridized carbons (Fsp3) is 0.317. The van der Waals surface area contributed by atoms with Crippen molar-refractivity contribution < 1.29 is 22.7 Å². The van der Waals surface area contributed by atoms with Crippen LogP contribution in [-0.2, 0) is 4.79 Å². The molecule has 3 fully saturated rings. The van der Waals surface area contributed by atoms with Crippen molar-refractivity contribution in [2.24, 2.45) is 0 Å². The molecule has 3 aliphatic heterocycles. The summed E-state index contributed by atoms with van der Waals surface area (Å²) in [6, 6.07) is 19.6. The maximum atomic E-state index is 17.0. The zero-order chi connectivity index (χ0) is 36.0. The molecule has 2 aromatic heterocycles. The van der Waals surface area contributed by atoms with Gasteiger partial charge in [0, 0.05) is 73.3 Å². The molecule has 5 heterocycles. The number of carbonyl (C=O) groups is 1. The molecule has 52 heavy (non-hydrogen) atoms. The fourth-order valence-electron chi connectivity index (χ4n) is 8.22. The van der Waals surface area contributed by atoms with Crippen LogP contribution in [0.15, 0.2) is 78.8 Å². The monoisotopic (exact) mass is 702 g/mol. The molecule has 0 N–H and O–H groups in total. The lowest BCUT2D eigenvalue weighted by atomic mass is 9.94. The van der Waals surface area contributed by atoms with Gasteiger partial charge in [0.25, 0.3) is 5.91 Å². The minimum atomic E-state index is -0.937. The summed E-state index contributed by atoms with van der Waals surface area (Å²) in [7, 11) is 1.82. The third kappa shape index (κ3) is 6.01. The molecule has 0 radical (unpaired) electrons. The van der Waals surface area contributed by atoms with Crippen LogP contribution in [-0.4, -0.2) is 88.2 Å². The van der Waals surface area contributed by atoms with Crippen molar-refractivity contribution in [3.8, 4) is 29.5 Å². The van der Waals surface area contributed by atoms with E-state index in [1.165, 1.54) is 11.1 Å². The van der Waals surface area contributed by atoms with E-state index >= 15 is 8.78 Å². The molecule has 8 nitrogen and oxygen atoms in total. The molecule has 5 aromatic rings. The number of ether oxygens (including phenoxy) is 1. The SMILES string of the molecule is C#Cc1cccc2cccc(-c3ccc4c(N(C)[C@@H]5CCN(C(=O)/C(F)=C/c6ccccn6)C5)nc(OC[C@@]56CCCN5C[C@H](F)C6)nc4c3F)c12. The Morgan fingerprint density at radius 3 is 2.73 bits per heavy atom. The summed E-state index contributed by atoms with van der Waals surface area (Å²) >= 11 is 0. The summed E-state index contributed by atoms with van der Waals surface area (Å²) in [5.41, 5.74) is 1.55. The molecular formula is C41H37F3N6O2. The van der Waals surface area contributed by atoms with Gasteiger partial charge in [-0.2, -0.15) is 9.97 Å². The predicted molar refractivity (Wildman–Crippen MR) is 196 cm³/mol. The molecule has 3 aliphatic rings. The number of alkyl halides is 1. The van der Waals surface area contributed by atoms with E-state index in [1.807, 2.05) is 48.3 Å². The highest BCUT2D eigenvalue weighted by atomic mass is 19.1. The van der Waals surface area contributed by atoms with Crippen molar-refractivity contribution in [1.29, 1.82) is 0 Å². The number of hydrogen-bond donors (Lipinski definition) is 0. The molecule has 3 aromatic carbocycles. The van der Waals surface area contributed by atoms with Crippen LogP contribution in [0.1, 0.15) is 36.9 Å². The number of likely N-dealkylation sites (tertiary alicyclic amines) is 1. The second-order valence-corrected chi connectivity index (χ2v) is 13.9. The lowest BCUT2D eigenvalue weighted by Gasteiger charge is -2.31. The zero-order valence-electron chi connectivity index (χ0n) is 28.7. The van der Waals surface area contributed by atoms with Crippen LogP contribution in [0.25, 0.3) is 38.9 Å². The van der Waals surface area contributed by atoms with E-state index in [0.717, 1.165) is 36.2 Å². The Labute approximate surface area is 299 Å². The van der Waals surface area contributed by atoms with Crippen molar-refractivity contribution in [3.63, 3.8) is 0 Å². The predicted octanol–water partition coefficient (Wildman–Crippen LogP) is 6.97. The zero-order valence-corrected chi connectivity index (χ0v) is 28.7. The third-order valence-electron chi connectivity index (χ3n) is 10.8. The van der Waals surface area contributed by atoms with E-state index < -0.39 is 29.3 Å². The summed E-state index contributed by atoms with van der Waals surface area (Å²) in [6.07, 6.45) is 10.2. The van der Waals surface area contributed by atoms with Gasteiger partial charge in [0.1, 0.15) is 24.1 Å². The smallest absolute Gasteiger partial charge is 0.319 e. The van der Waals surface area contributed by atoms with Crippen LogP contribution in [0.3, 0.4) is 0 Å². The van der Waals surface area contributed by atoms with Crippen molar-refractivity contribution in [2.75, 3.05) is 44.7 Å². The van der Waals surface area contributed by atoms with Crippen LogP contribution in [0.2, 0.25) is 0 Å². The third-order valence-corrected chi connectivity index (χ3v) is 10.8. The molecule has 0 bridgehead atoms. The molecular weight excluding hydrogens is 665 g/mol. The number of carbonyl (C=O) groups excluding carboxylic acids is 1. The maximum absolute atomic E-state index is 17.0. The first-order chi connectivity index (χ1) is 25.2. The number of amides is 1. The Bertz CT molecular complexity index is 2250. The molecule has 264 valence electrons. The normalized spacial score (nSPS) is 21.8. The number of benzene rings is 3. The molecule has 1 amide bonds. The number of fused-ring (bicyclic) bond motifs is 3. The Hall–Kier alpha value is -5.47. The van der Waals surface area contributed by atoms with Gasteiger partial charge in [-0.15, -0.1) is 6.42 Å². The fourth-order valence-corrected chi connectivity index (χ4v) is 8.22. The Morgan fingerprint density at radius 2 is 1.92 bits per heavy atom. The number of hydrogen-bond acceptors (Lipinski definition) is 7. The first-order valence-electron chi connectivity index (χ1n) is 17.6. The minimum Gasteiger partial charge on any atom is -0.461 e. The van der Waals surface area contributed by atoms with Gasteiger partial charge >= 0.3 is 6.01 Å². The number of terminal acetylenes is 1. The first kappa shape index (κ1) is 33.7. The molecule has 0 saturated carbocycles. The van der Waals surface area contributed by atoms with E-state index in [9.17, 15) is 9.18 Å². The second kappa shape index (κ2) is 13.6. The number of pyridine rings is 1. The van der Waals surface area contributed by atoms with Crippen LogP contribution >= 0.6 is 0 Å². The highest BCUT2D eigenvalue weighted by molar-refractivity contribution is 6.03. The van der Waals surface area contributed by atoms with E-state index in [4.69, 9.17) is 16.1 Å². The van der Waals surface area contributed by atoms with E-state index in [2.05, 4.69) is 20.8 Å². The first-order valence-corrected chi connectivity index (χ1v) is 17.6. The number of aromatic nitrogens is 3. The average Bonchev–Trinajstić information content (AvgIpc) is 3.88. The molecule has 0 aliphatic carbocycles. The average molecular weight is 703 g/mol. The van der Waals surface area contributed by atoms with Crippen LogP contribution in [0.5, 0.6) is 6.01 Å². The highest BCUT2D eigenvalue weighted by Gasteiger charge is 2.49. The van der Waals surface area contributed by atoms with E-state index in [1.54, 1.807) is 30.3 Å². The van der Waals surface area contributed by atoms with E-state index in [0.29, 0.717) is 59.5 Å². The summed E-state index contributed by atoms with van der Waals surface area (Å²) in [5.74, 6) is 0.958. The highest BCUT2D eigenvalue weighted by Crippen LogP contribution is 2.41. The van der Waals surface area contributed by atoms with Crippen LogP contribution in [0, 0.1) is 18.2 Å². The number of anilines is 1. The van der Waals surface area contributed by atoms with Gasteiger partial charge < -0.3 is 14.5 Å². The number of rotatable bonds is 8. The van der Waals surface area contributed by atoms with Crippen molar-refractivity contribution in [1.82, 2.24) is 24.8 Å². The standard InChI is InChI=1S/C41H37F3N6O2/c1-3-26-9-6-10-27-11-7-13-31(35(26)27)32-14-15-33-37(36(32)44)46-40(52-25-41-17-8-19-50(41)23-28(42)22-41)47-38(33)48(2)30-16-20-49(24-30)39(51)34(43)21-29-12-4-5-18-45-29/h1,4-7,9-15,18,21,28,30H,8,16-17,19-20,22-25H2,2H3/b34-21-/t28-,30-,41+/m1/s1. The molecule has 8 rings (SSSR count). The molecule has 11 heteroatoms. The van der Waals surface area contributed by atoms with Gasteiger partial charge in [-0.1, -0.05) is 48.4 Å². The summed E-state index contributed by atoms with van der Waals surface area (Å²) < 4.78 is 52.9. The lowest BCUT2D eigenvalue weighted by Crippen LogP contribution is -2.43. The molecule has 0 unspecified atom stereocenters. The summed E-state index contributed by atoms with van der Waals surface area (Å²) in [5, 5.41) is 2.09. The lowest BCUT2D eigenvalue weighted by molar-refractivity contribution is -0.127. The number of halogens is 3. The van der Waals surface area contributed by atoms with Gasteiger partial charge in [-0.25, -0.2) is 13.2 Å². The molecule has 3 saturated heterocycles.